The van der Waals surface area contributed by atoms with Crippen LogP contribution in [0.25, 0.3) is 11.3 Å². The zero-order chi connectivity index (χ0) is 24.4. The van der Waals surface area contributed by atoms with E-state index in [1.54, 1.807) is 24.0 Å². The van der Waals surface area contributed by atoms with Crippen LogP contribution >= 0.6 is 27.3 Å². The smallest absolute Gasteiger partial charge is 0.410 e. The Labute approximate surface area is 206 Å². The lowest BCUT2D eigenvalue weighted by Gasteiger charge is -2.32. The third kappa shape index (κ3) is 6.66. The maximum Gasteiger partial charge on any atom is 0.410 e. The molecule has 0 aliphatic carbocycles. The molecule has 0 bridgehead atoms. The number of nitrogens with zero attached hydrogens (tertiary/aromatic N) is 2. The quantitative estimate of drug-likeness (QED) is 0.468. The van der Waals surface area contributed by atoms with Crippen molar-refractivity contribution in [3.05, 3.63) is 32.8 Å². The first-order chi connectivity index (χ1) is 15.4. The fraction of sp³-hybridized carbons (Fsp3) is 0.545. The van der Waals surface area contributed by atoms with E-state index in [-0.39, 0.29) is 29.0 Å². The predicted molar refractivity (Wildman–Crippen MR) is 133 cm³/mol. The van der Waals surface area contributed by atoms with Gasteiger partial charge in [-0.05, 0) is 68.1 Å². The summed E-state index contributed by atoms with van der Waals surface area (Å²) >= 11 is 4.94. The molecule has 2 heterocycles. The number of nitrogens with one attached hydrogen (secondary N) is 1. The van der Waals surface area contributed by atoms with Crippen LogP contribution in [-0.2, 0) is 14.8 Å². The molecule has 7 nitrogen and oxygen atoms in total. The molecular weight excluding hydrogens is 533 g/mol. The Balaban J connectivity index is 1.75. The summed E-state index contributed by atoms with van der Waals surface area (Å²) in [5.74, 6) is -0.592. The first-order valence-corrected chi connectivity index (χ1v) is 14.1. The molecule has 1 saturated heterocycles. The van der Waals surface area contributed by atoms with Gasteiger partial charge >= 0.3 is 6.09 Å². The Morgan fingerprint density at radius 2 is 2.00 bits per heavy atom. The van der Waals surface area contributed by atoms with E-state index in [0.717, 1.165) is 17.8 Å². The highest BCUT2D eigenvalue weighted by atomic mass is 79.9. The van der Waals surface area contributed by atoms with Gasteiger partial charge in [-0.15, -0.1) is 11.3 Å². The van der Waals surface area contributed by atoms with Crippen molar-refractivity contribution in [2.24, 2.45) is 0 Å². The number of benzene rings is 1. The summed E-state index contributed by atoms with van der Waals surface area (Å²) in [5, 5.41) is 0.858. The second-order valence-corrected chi connectivity index (χ2v) is 13.2. The Kier molecular flexibility index (Phi) is 8.06. The zero-order valence-corrected chi connectivity index (χ0v) is 22.4. The van der Waals surface area contributed by atoms with Crippen molar-refractivity contribution in [1.82, 2.24) is 9.88 Å². The standard InChI is InChI=1S/C22H29BrFN3O4S2/c1-5-13-33(29,30)26-16-8-6-7-15(17(16)24)18-19(23)32-20(25-18)14-9-11-27(12-10-14)21(28)31-22(2,3)4/h6-8,14,26H,5,9-13H2,1-4H3. The van der Waals surface area contributed by atoms with E-state index in [0.29, 0.717) is 29.0 Å². The number of carbonyl (C=O) groups excluding carboxylic acids is 1. The van der Waals surface area contributed by atoms with E-state index in [2.05, 4.69) is 25.6 Å². The van der Waals surface area contributed by atoms with Gasteiger partial charge in [0.05, 0.1) is 25.9 Å². The molecule has 1 aromatic heterocycles. The van der Waals surface area contributed by atoms with Crippen LogP contribution in [-0.4, -0.2) is 48.8 Å². The summed E-state index contributed by atoms with van der Waals surface area (Å²) in [4.78, 5) is 18.7. The highest BCUT2D eigenvalue weighted by Gasteiger charge is 2.30. The molecule has 3 rings (SSSR count). The van der Waals surface area contributed by atoms with Crippen LogP contribution in [0.3, 0.4) is 0 Å². The maximum atomic E-state index is 15.2. The molecule has 0 radical (unpaired) electrons. The molecule has 1 amide bonds. The Morgan fingerprint density at radius 1 is 1.33 bits per heavy atom. The van der Waals surface area contributed by atoms with E-state index in [9.17, 15) is 13.2 Å². The first kappa shape index (κ1) is 25.9. The van der Waals surface area contributed by atoms with Crippen molar-refractivity contribution >= 4 is 49.1 Å². The summed E-state index contributed by atoms with van der Waals surface area (Å²) < 4.78 is 47.8. The minimum absolute atomic E-state index is 0.0802. The van der Waals surface area contributed by atoms with Crippen molar-refractivity contribution < 1.29 is 22.3 Å². The number of thiazole rings is 1. The number of ether oxygens (including phenoxy) is 1. The number of carbonyl (C=O) groups is 1. The van der Waals surface area contributed by atoms with Crippen LogP contribution in [0.1, 0.15) is 57.9 Å². The SMILES string of the molecule is CCCS(=O)(=O)Nc1cccc(-c2nc(C3CCN(C(=O)OC(C)(C)C)CC3)sc2Br)c1F. The van der Waals surface area contributed by atoms with E-state index < -0.39 is 21.4 Å². The molecule has 1 fully saturated rings. The molecule has 0 unspecified atom stereocenters. The number of sulfonamides is 1. The van der Waals surface area contributed by atoms with Gasteiger partial charge < -0.3 is 9.64 Å². The molecule has 1 aromatic carbocycles. The molecule has 33 heavy (non-hydrogen) atoms. The topological polar surface area (TPSA) is 88.6 Å². The predicted octanol–water partition coefficient (Wildman–Crippen LogP) is 5.98. The maximum absolute atomic E-state index is 15.2. The monoisotopic (exact) mass is 561 g/mol. The van der Waals surface area contributed by atoms with Gasteiger partial charge in [-0.25, -0.2) is 22.6 Å². The lowest BCUT2D eigenvalue weighted by Crippen LogP contribution is -2.41. The number of halogens is 2. The minimum atomic E-state index is -3.61. The normalized spacial score (nSPS) is 15.5. The van der Waals surface area contributed by atoms with Gasteiger partial charge in [0.15, 0.2) is 5.82 Å². The third-order valence-electron chi connectivity index (χ3n) is 5.09. The third-order valence-corrected chi connectivity index (χ3v) is 8.43. The molecule has 11 heteroatoms. The second kappa shape index (κ2) is 10.3. The number of hydrogen-bond donors (Lipinski definition) is 1. The fourth-order valence-electron chi connectivity index (χ4n) is 3.57. The average Bonchev–Trinajstić information content (AvgIpc) is 3.09. The zero-order valence-electron chi connectivity index (χ0n) is 19.2. The van der Waals surface area contributed by atoms with Gasteiger partial charge in [-0.1, -0.05) is 13.0 Å². The number of piperidine rings is 1. The lowest BCUT2D eigenvalue weighted by atomic mass is 9.98. The van der Waals surface area contributed by atoms with Gasteiger partial charge in [0.2, 0.25) is 10.0 Å². The van der Waals surface area contributed by atoms with Gasteiger partial charge in [0.25, 0.3) is 0 Å². The van der Waals surface area contributed by atoms with Gasteiger partial charge in [0, 0.05) is 24.6 Å². The van der Waals surface area contributed by atoms with E-state index in [1.807, 2.05) is 20.8 Å². The van der Waals surface area contributed by atoms with Gasteiger partial charge in [-0.3, -0.25) is 4.72 Å². The van der Waals surface area contributed by atoms with Crippen LogP contribution < -0.4 is 4.72 Å². The van der Waals surface area contributed by atoms with Crippen LogP contribution in [0.15, 0.2) is 22.0 Å². The van der Waals surface area contributed by atoms with Crippen molar-refractivity contribution in [3.8, 4) is 11.3 Å². The van der Waals surface area contributed by atoms with Gasteiger partial charge in [-0.2, -0.15) is 0 Å². The Bertz CT molecular complexity index is 1110. The molecular formula is C22H29BrFN3O4S2. The van der Waals surface area contributed by atoms with E-state index in [4.69, 9.17) is 4.74 Å². The molecule has 1 N–H and O–H groups in total. The van der Waals surface area contributed by atoms with E-state index >= 15 is 4.39 Å². The highest BCUT2D eigenvalue weighted by molar-refractivity contribution is 9.11. The molecule has 0 saturated carbocycles. The number of aromatic nitrogens is 1. The molecule has 0 spiro atoms. The summed E-state index contributed by atoms with van der Waals surface area (Å²) in [5.41, 5.74) is 0.0470. The van der Waals surface area contributed by atoms with Gasteiger partial charge in [0.1, 0.15) is 5.60 Å². The molecule has 182 valence electrons. The average molecular weight is 563 g/mol. The van der Waals surface area contributed by atoms with Crippen molar-refractivity contribution in [1.29, 1.82) is 0 Å². The van der Waals surface area contributed by atoms with Crippen LogP contribution in [0, 0.1) is 5.82 Å². The molecule has 1 aliphatic heterocycles. The number of amides is 1. The number of anilines is 1. The molecule has 2 aromatic rings. The largest absolute Gasteiger partial charge is 0.444 e. The molecule has 0 atom stereocenters. The summed E-state index contributed by atoms with van der Waals surface area (Å²) in [6.07, 6.45) is 1.59. The van der Waals surface area contributed by atoms with E-state index in [1.165, 1.54) is 17.4 Å². The summed E-state index contributed by atoms with van der Waals surface area (Å²) in [6.45, 7) is 8.40. The Morgan fingerprint density at radius 3 is 2.61 bits per heavy atom. The second-order valence-electron chi connectivity index (χ2n) is 9.00. The first-order valence-electron chi connectivity index (χ1n) is 10.8. The summed E-state index contributed by atoms with van der Waals surface area (Å²) in [6, 6.07) is 4.59. The van der Waals surface area contributed by atoms with Crippen LogP contribution in [0.5, 0.6) is 0 Å². The fourth-order valence-corrected chi connectivity index (χ4v) is 6.48. The van der Waals surface area contributed by atoms with Crippen molar-refractivity contribution in [3.63, 3.8) is 0 Å². The van der Waals surface area contributed by atoms with Crippen molar-refractivity contribution in [2.45, 2.75) is 58.5 Å². The Hall–Kier alpha value is -1.72. The van der Waals surface area contributed by atoms with Crippen LogP contribution in [0.2, 0.25) is 0 Å². The van der Waals surface area contributed by atoms with Crippen LogP contribution in [0.4, 0.5) is 14.9 Å². The lowest BCUT2D eigenvalue weighted by molar-refractivity contribution is 0.0205. The highest BCUT2D eigenvalue weighted by Crippen LogP contribution is 2.41. The summed E-state index contributed by atoms with van der Waals surface area (Å²) in [7, 11) is -3.61. The number of hydrogen-bond acceptors (Lipinski definition) is 6. The number of rotatable bonds is 6. The molecule has 1 aliphatic rings. The number of likely N-dealkylation sites (tertiary alicyclic amines) is 1. The minimum Gasteiger partial charge on any atom is -0.444 e. The van der Waals surface area contributed by atoms with Crippen molar-refractivity contribution in [2.75, 3.05) is 23.6 Å².